The van der Waals surface area contributed by atoms with Crippen LogP contribution in [0.1, 0.15) is 24.0 Å². The van der Waals surface area contributed by atoms with Crippen LogP contribution >= 0.6 is 22.6 Å². The van der Waals surface area contributed by atoms with Crippen LogP contribution in [0.5, 0.6) is 0 Å². The van der Waals surface area contributed by atoms with Crippen molar-refractivity contribution in [3.8, 4) is 0 Å². The highest BCUT2D eigenvalue weighted by molar-refractivity contribution is 14.1. The van der Waals surface area contributed by atoms with E-state index in [0.717, 1.165) is 12.1 Å². The molecule has 0 atom stereocenters. The minimum atomic E-state index is -3.64. The molecule has 1 saturated carbocycles. The van der Waals surface area contributed by atoms with Crippen molar-refractivity contribution < 1.29 is 21.6 Å². The number of hydrogen-bond donors (Lipinski definition) is 1. The summed E-state index contributed by atoms with van der Waals surface area (Å²) in [5.74, 6) is -2.84. The molecule has 128 valence electrons. The average molecular weight is 467 g/mol. The summed E-state index contributed by atoms with van der Waals surface area (Å²) in [5, 5.41) is -0.506. The summed E-state index contributed by atoms with van der Waals surface area (Å²) < 4.78 is 68.9. The Bertz CT molecular complexity index is 898. The summed E-state index contributed by atoms with van der Waals surface area (Å²) in [6, 6.07) is 6.41. The van der Waals surface area contributed by atoms with Crippen LogP contribution in [0.3, 0.4) is 0 Å². The van der Waals surface area contributed by atoms with Gasteiger partial charge >= 0.3 is 0 Å². The molecule has 0 heterocycles. The molecule has 24 heavy (non-hydrogen) atoms. The Balaban J connectivity index is 2.00. The number of sulfonamides is 1. The van der Waals surface area contributed by atoms with Crippen LogP contribution in [0.25, 0.3) is 0 Å². The molecule has 0 amide bonds. The van der Waals surface area contributed by atoms with Crippen LogP contribution in [-0.4, -0.2) is 13.7 Å². The van der Waals surface area contributed by atoms with Gasteiger partial charge in [-0.3, -0.25) is 4.72 Å². The molecule has 2 aromatic rings. The molecule has 0 aliphatic heterocycles. The van der Waals surface area contributed by atoms with E-state index >= 15 is 0 Å². The van der Waals surface area contributed by atoms with Crippen LogP contribution in [0.2, 0.25) is 0 Å². The summed E-state index contributed by atoms with van der Waals surface area (Å²) in [4.78, 5) is 0. The van der Waals surface area contributed by atoms with Crippen LogP contribution in [0.4, 0.5) is 18.9 Å². The van der Waals surface area contributed by atoms with Gasteiger partial charge in [0.15, 0.2) is 11.6 Å². The van der Waals surface area contributed by atoms with E-state index in [1.54, 1.807) is 6.07 Å². The maximum atomic E-state index is 14.2. The monoisotopic (exact) mass is 467 g/mol. The van der Waals surface area contributed by atoms with E-state index in [4.69, 9.17) is 0 Å². The zero-order valence-electron chi connectivity index (χ0n) is 12.3. The molecule has 3 nitrogen and oxygen atoms in total. The van der Waals surface area contributed by atoms with Gasteiger partial charge in [0.05, 0.1) is 10.9 Å². The van der Waals surface area contributed by atoms with Crippen LogP contribution in [0.15, 0.2) is 30.3 Å². The van der Waals surface area contributed by atoms with E-state index in [-0.39, 0.29) is 23.2 Å². The summed E-state index contributed by atoms with van der Waals surface area (Å²) in [7, 11) is -3.64. The zero-order valence-corrected chi connectivity index (χ0v) is 15.3. The molecular weight excluding hydrogens is 454 g/mol. The van der Waals surface area contributed by atoms with Gasteiger partial charge in [0, 0.05) is 15.6 Å². The molecule has 0 spiro atoms. The first-order valence-electron chi connectivity index (χ1n) is 7.20. The molecular formula is C16H13F3INO2S. The van der Waals surface area contributed by atoms with Gasteiger partial charge in [-0.2, -0.15) is 0 Å². The molecule has 0 aromatic heterocycles. The Labute approximate surface area is 151 Å². The number of nitrogens with one attached hydrogen (secondary N) is 1. The van der Waals surface area contributed by atoms with Gasteiger partial charge in [-0.25, -0.2) is 21.6 Å². The minimum absolute atomic E-state index is 0.0567. The lowest BCUT2D eigenvalue weighted by atomic mass is 10.0. The fraction of sp³-hybridized carbons (Fsp3) is 0.250. The van der Waals surface area contributed by atoms with Gasteiger partial charge in [0.2, 0.25) is 10.0 Å². The topological polar surface area (TPSA) is 46.2 Å². The van der Waals surface area contributed by atoms with Gasteiger partial charge in [0.25, 0.3) is 0 Å². The van der Waals surface area contributed by atoms with E-state index in [2.05, 4.69) is 4.72 Å². The van der Waals surface area contributed by atoms with Crippen molar-refractivity contribution in [2.75, 3.05) is 4.72 Å². The number of benzene rings is 2. The van der Waals surface area contributed by atoms with Crippen LogP contribution in [0, 0.1) is 21.0 Å². The van der Waals surface area contributed by atoms with Crippen molar-refractivity contribution in [2.45, 2.75) is 24.5 Å². The molecule has 0 radical (unpaired) electrons. The molecule has 2 aromatic carbocycles. The molecule has 1 N–H and O–H groups in total. The van der Waals surface area contributed by atoms with Gasteiger partial charge in [0.1, 0.15) is 5.82 Å². The molecule has 0 bridgehead atoms. The quantitative estimate of drug-likeness (QED) is 0.671. The van der Waals surface area contributed by atoms with Crippen molar-refractivity contribution in [3.63, 3.8) is 0 Å². The van der Waals surface area contributed by atoms with Crippen LogP contribution in [-0.2, 0) is 16.4 Å². The molecule has 1 aliphatic rings. The molecule has 0 saturated heterocycles. The maximum Gasteiger partial charge on any atom is 0.235 e. The predicted octanol–water partition coefficient (Wildman–Crippen LogP) is 4.20. The van der Waals surface area contributed by atoms with Crippen molar-refractivity contribution in [2.24, 2.45) is 0 Å². The van der Waals surface area contributed by atoms with Gasteiger partial charge in [-0.05, 0) is 65.3 Å². The third-order valence-electron chi connectivity index (χ3n) is 3.79. The second kappa shape index (κ2) is 6.55. The van der Waals surface area contributed by atoms with E-state index in [1.165, 1.54) is 12.1 Å². The lowest BCUT2D eigenvalue weighted by molar-refractivity contribution is 0.500. The van der Waals surface area contributed by atoms with Gasteiger partial charge < -0.3 is 0 Å². The summed E-state index contributed by atoms with van der Waals surface area (Å²) >= 11 is 1.94. The second-order valence-electron chi connectivity index (χ2n) is 5.65. The highest BCUT2D eigenvalue weighted by atomic mass is 127. The van der Waals surface area contributed by atoms with E-state index in [1.807, 2.05) is 22.6 Å². The van der Waals surface area contributed by atoms with Gasteiger partial charge in [-0.15, -0.1) is 0 Å². The lowest BCUT2D eigenvalue weighted by Crippen LogP contribution is -2.19. The van der Waals surface area contributed by atoms with E-state index in [9.17, 15) is 21.6 Å². The number of anilines is 1. The fourth-order valence-electron chi connectivity index (χ4n) is 2.33. The third kappa shape index (κ3) is 3.69. The highest BCUT2D eigenvalue weighted by Gasteiger charge is 2.36. The van der Waals surface area contributed by atoms with E-state index < -0.39 is 32.7 Å². The van der Waals surface area contributed by atoms with Crippen LogP contribution < -0.4 is 4.72 Å². The molecule has 1 aliphatic carbocycles. The molecule has 1 fully saturated rings. The maximum absolute atomic E-state index is 14.2. The number of rotatable bonds is 5. The van der Waals surface area contributed by atoms with Gasteiger partial charge in [-0.1, -0.05) is 6.07 Å². The molecule has 8 heteroatoms. The van der Waals surface area contributed by atoms with Crippen molar-refractivity contribution in [1.29, 1.82) is 0 Å². The average Bonchev–Trinajstić information content (AvgIpc) is 3.34. The second-order valence-corrected chi connectivity index (χ2v) is 8.85. The fourth-order valence-corrected chi connectivity index (χ4v) is 4.21. The summed E-state index contributed by atoms with van der Waals surface area (Å²) in [5.41, 5.74) is -0.107. The molecule has 0 unspecified atom stereocenters. The first kappa shape index (κ1) is 17.5. The Hall–Kier alpha value is -1.29. The molecule has 3 rings (SSSR count). The number of hydrogen-bond acceptors (Lipinski definition) is 2. The largest absolute Gasteiger partial charge is 0.283 e. The Kier molecular flexibility index (Phi) is 4.78. The SMILES string of the molecule is O=S(=O)(Nc1ccc(F)c(F)c1Cc1ccc(I)cc1F)C1CC1. The summed E-state index contributed by atoms with van der Waals surface area (Å²) in [6.45, 7) is 0. The predicted molar refractivity (Wildman–Crippen MR) is 93.8 cm³/mol. The van der Waals surface area contributed by atoms with Crippen molar-refractivity contribution >= 4 is 38.3 Å². The standard InChI is InChI=1S/C16H13F3INO2S/c17-13-5-6-15(21-24(22,23)11-3-4-11)12(16(13)19)7-9-1-2-10(20)8-14(9)18/h1-2,5-6,8,11,21H,3-4,7H2. The highest BCUT2D eigenvalue weighted by Crippen LogP contribution is 2.32. The zero-order chi connectivity index (χ0) is 17.5. The van der Waals surface area contributed by atoms with E-state index in [0.29, 0.717) is 16.4 Å². The number of halogens is 4. The first-order chi connectivity index (χ1) is 11.3. The Morgan fingerprint density at radius 1 is 1.08 bits per heavy atom. The van der Waals surface area contributed by atoms with Crippen molar-refractivity contribution in [3.05, 3.63) is 62.5 Å². The Morgan fingerprint density at radius 3 is 2.42 bits per heavy atom. The normalized spacial score (nSPS) is 14.7. The Morgan fingerprint density at radius 2 is 1.79 bits per heavy atom. The lowest BCUT2D eigenvalue weighted by Gasteiger charge is -2.14. The smallest absolute Gasteiger partial charge is 0.235 e. The van der Waals surface area contributed by atoms with Crippen molar-refractivity contribution in [1.82, 2.24) is 0 Å². The summed E-state index contributed by atoms with van der Waals surface area (Å²) in [6.07, 6.45) is 0.828. The first-order valence-corrected chi connectivity index (χ1v) is 9.83. The minimum Gasteiger partial charge on any atom is -0.283 e. The third-order valence-corrected chi connectivity index (χ3v) is 6.32.